The Bertz CT molecular complexity index is 450. The molecule has 0 aliphatic rings. The Morgan fingerprint density at radius 3 is 1.94 bits per heavy atom. The molecule has 1 nitrogen and oxygen atoms in total. The summed E-state index contributed by atoms with van der Waals surface area (Å²) < 4.78 is 1.11. The summed E-state index contributed by atoms with van der Waals surface area (Å²) in [7, 11) is 0. The number of hydrogen-bond donors (Lipinski definition) is 1. The third kappa shape index (κ3) is 3.99. The summed E-state index contributed by atoms with van der Waals surface area (Å²) in [4.78, 5) is 0. The zero-order valence-corrected chi connectivity index (χ0v) is 11.2. The molecule has 0 spiro atoms. The van der Waals surface area contributed by atoms with E-state index in [-0.39, 0.29) is 6.04 Å². The van der Waals surface area contributed by atoms with Gasteiger partial charge in [0.1, 0.15) is 0 Å². The SMILES string of the molecule is NC(Cc1ccccc1)Cc1ccc(Br)cc1. The second-order valence-electron chi connectivity index (χ2n) is 4.28. The number of halogens is 1. The minimum atomic E-state index is 0.179. The first kappa shape index (κ1) is 12.3. The molecule has 2 heteroatoms. The van der Waals surface area contributed by atoms with Crippen LogP contribution in [0.15, 0.2) is 59.1 Å². The molecule has 0 saturated carbocycles. The van der Waals surface area contributed by atoms with Crippen molar-refractivity contribution in [2.45, 2.75) is 18.9 Å². The first-order valence-corrected chi connectivity index (χ1v) is 6.57. The molecule has 1 atom stereocenters. The van der Waals surface area contributed by atoms with Gasteiger partial charge in [-0.25, -0.2) is 0 Å². The second-order valence-corrected chi connectivity index (χ2v) is 5.20. The topological polar surface area (TPSA) is 26.0 Å². The molecule has 0 heterocycles. The van der Waals surface area contributed by atoms with Gasteiger partial charge in [0.2, 0.25) is 0 Å². The molecular formula is C15H16BrN. The Kier molecular flexibility index (Phi) is 4.35. The third-order valence-electron chi connectivity index (χ3n) is 2.75. The lowest BCUT2D eigenvalue weighted by Crippen LogP contribution is -2.25. The summed E-state index contributed by atoms with van der Waals surface area (Å²) in [5, 5.41) is 0. The molecular weight excluding hydrogens is 274 g/mol. The fraction of sp³-hybridized carbons (Fsp3) is 0.200. The fourth-order valence-corrected chi connectivity index (χ4v) is 2.18. The van der Waals surface area contributed by atoms with E-state index in [2.05, 4.69) is 64.5 Å². The quantitative estimate of drug-likeness (QED) is 0.915. The van der Waals surface area contributed by atoms with Crippen molar-refractivity contribution in [1.82, 2.24) is 0 Å². The first-order valence-electron chi connectivity index (χ1n) is 5.78. The van der Waals surface area contributed by atoms with E-state index in [1.807, 2.05) is 6.07 Å². The third-order valence-corrected chi connectivity index (χ3v) is 3.28. The van der Waals surface area contributed by atoms with Gasteiger partial charge in [0.25, 0.3) is 0 Å². The van der Waals surface area contributed by atoms with Crippen molar-refractivity contribution in [2.24, 2.45) is 5.73 Å². The number of rotatable bonds is 4. The van der Waals surface area contributed by atoms with Crippen LogP contribution in [-0.2, 0) is 12.8 Å². The van der Waals surface area contributed by atoms with Crippen LogP contribution in [0.4, 0.5) is 0 Å². The van der Waals surface area contributed by atoms with Gasteiger partial charge in [-0.05, 0) is 36.1 Å². The van der Waals surface area contributed by atoms with Crippen molar-refractivity contribution >= 4 is 15.9 Å². The van der Waals surface area contributed by atoms with Gasteiger partial charge in [0.05, 0.1) is 0 Å². The Morgan fingerprint density at radius 2 is 1.35 bits per heavy atom. The summed E-state index contributed by atoms with van der Waals surface area (Å²) >= 11 is 3.43. The van der Waals surface area contributed by atoms with Crippen molar-refractivity contribution in [2.75, 3.05) is 0 Å². The van der Waals surface area contributed by atoms with E-state index in [4.69, 9.17) is 5.73 Å². The molecule has 0 aromatic heterocycles. The summed E-state index contributed by atoms with van der Waals surface area (Å²) in [6.07, 6.45) is 1.85. The lowest BCUT2D eigenvalue weighted by Gasteiger charge is -2.11. The maximum absolute atomic E-state index is 6.16. The minimum Gasteiger partial charge on any atom is -0.327 e. The Morgan fingerprint density at radius 1 is 0.824 bits per heavy atom. The molecule has 0 saturated heterocycles. The van der Waals surface area contributed by atoms with Crippen LogP contribution in [-0.4, -0.2) is 6.04 Å². The van der Waals surface area contributed by atoms with Crippen LogP contribution in [0.1, 0.15) is 11.1 Å². The van der Waals surface area contributed by atoms with Gasteiger partial charge in [-0.2, -0.15) is 0 Å². The smallest absolute Gasteiger partial charge is 0.0175 e. The molecule has 0 radical (unpaired) electrons. The van der Waals surface area contributed by atoms with Crippen molar-refractivity contribution < 1.29 is 0 Å². The first-order chi connectivity index (χ1) is 8.24. The summed E-state index contributed by atoms with van der Waals surface area (Å²) in [6, 6.07) is 18.9. The zero-order chi connectivity index (χ0) is 12.1. The summed E-state index contributed by atoms with van der Waals surface area (Å²) in [6.45, 7) is 0. The highest BCUT2D eigenvalue weighted by atomic mass is 79.9. The highest BCUT2D eigenvalue weighted by Crippen LogP contribution is 2.12. The largest absolute Gasteiger partial charge is 0.327 e. The lowest BCUT2D eigenvalue weighted by atomic mass is 10.00. The minimum absolute atomic E-state index is 0.179. The second kappa shape index (κ2) is 5.99. The molecule has 0 fully saturated rings. The number of hydrogen-bond acceptors (Lipinski definition) is 1. The highest BCUT2D eigenvalue weighted by Gasteiger charge is 2.05. The molecule has 0 amide bonds. The van der Waals surface area contributed by atoms with E-state index in [1.54, 1.807) is 0 Å². The normalized spacial score (nSPS) is 12.4. The van der Waals surface area contributed by atoms with Gasteiger partial charge in [-0.15, -0.1) is 0 Å². The van der Waals surface area contributed by atoms with Crippen molar-refractivity contribution in [1.29, 1.82) is 0 Å². The van der Waals surface area contributed by atoms with E-state index < -0.39 is 0 Å². The molecule has 2 N–H and O–H groups in total. The predicted octanol–water partition coefficient (Wildman–Crippen LogP) is 3.56. The van der Waals surface area contributed by atoms with Crippen molar-refractivity contribution in [3.63, 3.8) is 0 Å². The van der Waals surface area contributed by atoms with Gasteiger partial charge >= 0.3 is 0 Å². The standard InChI is InChI=1S/C15H16BrN/c16-14-8-6-13(7-9-14)11-15(17)10-12-4-2-1-3-5-12/h1-9,15H,10-11,17H2. The predicted molar refractivity (Wildman–Crippen MR) is 76.0 cm³/mol. The van der Waals surface area contributed by atoms with Crippen LogP contribution in [0.5, 0.6) is 0 Å². The maximum atomic E-state index is 6.16. The average Bonchev–Trinajstić information content (AvgIpc) is 2.33. The lowest BCUT2D eigenvalue weighted by molar-refractivity contribution is 0.665. The van der Waals surface area contributed by atoms with E-state index >= 15 is 0 Å². The summed E-state index contributed by atoms with van der Waals surface area (Å²) in [5.41, 5.74) is 8.76. The Balaban J connectivity index is 1.93. The number of nitrogens with two attached hydrogens (primary N) is 1. The molecule has 2 aromatic carbocycles. The molecule has 2 aromatic rings. The van der Waals surface area contributed by atoms with Crippen LogP contribution in [0.3, 0.4) is 0 Å². The van der Waals surface area contributed by atoms with Gasteiger partial charge in [0.15, 0.2) is 0 Å². The van der Waals surface area contributed by atoms with E-state index in [9.17, 15) is 0 Å². The summed E-state index contributed by atoms with van der Waals surface area (Å²) in [5.74, 6) is 0. The molecule has 0 aliphatic heterocycles. The van der Waals surface area contributed by atoms with Gasteiger partial charge in [-0.3, -0.25) is 0 Å². The van der Waals surface area contributed by atoms with E-state index in [0.29, 0.717) is 0 Å². The van der Waals surface area contributed by atoms with Gasteiger partial charge < -0.3 is 5.73 Å². The van der Waals surface area contributed by atoms with Crippen LogP contribution >= 0.6 is 15.9 Å². The van der Waals surface area contributed by atoms with Crippen LogP contribution in [0.25, 0.3) is 0 Å². The van der Waals surface area contributed by atoms with Crippen molar-refractivity contribution in [3.8, 4) is 0 Å². The van der Waals surface area contributed by atoms with Gasteiger partial charge in [-0.1, -0.05) is 58.4 Å². The highest BCUT2D eigenvalue weighted by molar-refractivity contribution is 9.10. The van der Waals surface area contributed by atoms with E-state index in [0.717, 1.165) is 17.3 Å². The number of benzene rings is 2. The van der Waals surface area contributed by atoms with Crippen LogP contribution in [0, 0.1) is 0 Å². The fourth-order valence-electron chi connectivity index (χ4n) is 1.91. The molecule has 0 bridgehead atoms. The maximum Gasteiger partial charge on any atom is 0.0175 e. The molecule has 0 aliphatic carbocycles. The van der Waals surface area contributed by atoms with Gasteiger partial charge in [0, 0.05) is 10.5 Å². The van der Waals surface area contributed by atoms with Crippen LogP contribution < -0.4 is 5.73 Å². The van der Waals surface area contributed by atoms with E-state index in [1.165, 1.54) is 11.1 Å². The monoisotopic (exact) mass is 289 g/mol. The average molecular weight is 290 g/mol. The zero-order valence-electron chi connectivity index (χ0n) is 9.64. The molecule has 17 heavy (non-hydrogen) atoms. The molecule has 2 rings (SSSR count). The Hall–Kier alpha value is -1.12. The molecule has 1 unspecified atom stereocenters. The van der Waals surface area contributed by atoms with Crippen molar-refractivity contribution in [3.05, 3.63) is 70.2 Å². The Labute approximate surface area is 111 Å². The molecule has 88 valence electrons. The van der Waals surface area contributed by atoms with Crippen LogP contribution in [0.2, 0.25) is 0 Å².